The van der Waals surface area contributed by atoms with Gasteiger partial charge in [-0.15, -0.1) is 0 Å². The molecule has 2 aromatic rings. The average molecular weight is 240 g/mol. The van der Waals surface area contributed by atoms with Gasteiger partial charge in [0.05, 0.1) is 5.02 Å². The SMILES string of the molecule is Cn1ccc(NCc2ccc(Cl)c(F)c2)n1. The third kappa shape index (κ3) is 2.52. The van der Waals surface area contributed by atoms with Crippen LogP contribution >= 0.6 is 11.6 Å². The molecule has 1 aromatic heterocycles. The van der Waals surface area contributed by atoms with Gasteiger partial charge in [0.2, 0.25) is 0 Å². The van der Waals surface area contributed by atoms with Gasteiger partial charge < -0.3 is 5.32 Å². The highest BCUT2D eigenvalue weighted by Gasteiger charge is 2.01. The maximum Gasteiger partial charge on any atom is 0.148 e. The van der Waals surface area contributed by atoms with E-state index in [4.69, 9.17) is 11.6 Å². The van der Waals surface area contributed by atoms with Crippen molar-refractivity contribution >= 4 is 17.4 Å². The quantitative estimate of drug-likeness (QED) is 0.893. The van der Waals surface area contributed by atoms with Crippen molar-refractivity contribution in [1.29, 1.82) is 0 Å². The van der Waals surface area contributed by atoms with Gasteiger partial charge in [-0.2, -0.15) is 5.10 Å². The molecule has 0 spiro atoms. The predicted molar refractivity (Wildman–Crippen MR) is 61.9 cm³/mol. The van der Waals surface area contributed by atoms with E-state index in [1.54, 1.807) is 16.8 Å². The first-order valence-electron chi connectivity index (χ1n) is 4.82. The number of hydrogen-bond acceptors (Lipinski definition) is 2. The first kappa shape index (κ1) is 11.0. The second kappa shape index (κ2) is 4.53. The molecule has 0 saturated heterocycles. The number of halogens is 2. The standard InChI is InChI=1S/C11H11ClFN3/c1-16-5-4-11(15-16)14-7-8-2-3-9(12)10(13)6-8/h2-6H,7H2,1H3,(H,14,15). The molecule has 3 nitrogen and oxygen atoms in total. The molecule has 0 bridgehead atoms. The molecule has 0 aliphatic rings. The Balaban J connectivity index is 2.02. The maximum absolute atomic E-state index is 13.1. The van der Waals surface area contributed by atoms with Crippen LogP contribution in [0.2, 0.25) is 5.02 Å². The lowest BCUT2D eigenvalue weighted by Gasteiger charge is -2.03. The molecule has 1 heterocycles. The second-order valence-electron chi connectivity index (χ2n) is 3.48. The molecule has 84 valence electrons. The van der Waals surface area contributed by atoms with Crippen LogP contribution in [0.4, 0.5) is 10.2 Å². The highest BCUT2D eigenvalue weighted by Crippen LogP contribution is 2.16. The van der Waals surface area contributed by atoms with Crippen LogP contribution in [0.1, 0.15) is 5.56 Å². The van der Waals surface area contributed by atoms with E-state index < -0.39 is 5.82 Å². The number of benzene rings is 1. The van der Waals surface area contributed by atoms with Crippen molar-refractivity contribution in [3.05, 3.63) is 46.9 Å². The predicted octanol–water partition coefficient (Wildman–Crippen LogP) is 2.82. The Bertz CT molecular complexity index is 496. The minimum absolute atomic E-state index is 0.140. The van der Waals surface area contributed by atoms with Crippen LogP contribution in [-0.4, -0.2) is 9.78 Å². The van der Waals surface area contributed by atoms with Crippen molar-refractivity contribution in [2.75, 3.05) is 5.32 Å². The fourth-order valence-electron chi connectivity index (χ4n) is 1.35. The van der Waals surface area contributed by atoms with Gasteiger partial charge in [0.1, 0.15) is 11.6 Å². The third-order valence-corrected chi connectivity index (χ3v) is 2.48. The molecule has 0 fully saturated rings. The van der Waals surface area contributed by atoms with Crippen molar-refractivity contribution in [2.45, 2.75) is 6.54 Å². The molecule has 16 heavy (non-hydrogen) atoms. The average Bonchev–Trinajstić information content (AvgIpc) is 2.66. The van der Waals surface area contributed by atoms with Crippen LogP contribution in [0.5, 0.6) is 0 Å². The lowest BCUT2D eigenvalue weighted by Crippen LogP contribution is -2.01. The first-order chi connectivity index (χ1) is 7.65. The smallest absolute Gasteiger partial charge is 0.148 e. The van der Waals surface area contributed by atoms with Gasteiger partial charge in [-0.25, -0.2) is 4.39 Å². The Morgan fingerprint density at radius 2 is 2.25 bits per heavy atom. The molecule has 1 aromatic carbocycles. The molecule has 0 aliphatic carbocycles. The number of nitrogens with zero attached hydrogens (tertiary/aromatic N) is 2. The van der Waals surface area contributed by atoms with Gasteiger partial charge in [-0.3, -0.25) is 4.68 Å². The van der Waals surface area contributed by atoms with Crippen LogP contribution in [0.15, 0.2) is 30.5 Å². The molecular formula is C11H11ClFN3. The third-order valence-electron chi connectivity index (χ3n) is 2.17. The molecule has 1 N–H and O–H groups in total. The largest absolute Gasteiger partial charge is 0.365 e. The molecule has 5 heteroatoms. The molecule has 0 aliphatic heterocycles. The summed E-state index contributed by atoms with van der Waals surface area (Å²) in [5, 5.41) is 7.38. The monoisotopic (exact) mass is 239 g/mol. The van der Waals surface area contributed by atoms with E-state index in [2.05, 4.69) is 10.4 Å². The van der Waals surface area contributed by atoms with E-state index in [0.29, 0.717) is 6.54 Å². The van der Waals surface area contributed by atoms with E-state index in [1.807, 2.05) is 19.3 Å². The van der Waals surface area contributed by atoms with Crippen molar-refractivity contribution in [3.63, 3.8) is 0 Å². The van der Waals surface area contributed by atoms with Crippen LogP contribution in [-0.2, 0) is 13.6 Å². The Morgan fingerprint density at radius 3 is 2.88 bits per heavy atom. The number of anilines is 1. The maximum atomic E-state index is 13.1. The minimum atomic E-state index is -0.401. The lowest BCUT2D eigenvalue weighted by atomic mass is 10.2. The summed E-state index contributed by atoms with van der Waals surface area (Å²) in [7, 11) is 1.84. The van der Waals surface area contributed by atoms with Gasteiger partial charge >= 0.3 is 0 Å². The Morgan fingerprint density at radius 1 is 1.44 bits per heavy atom. The van der Waals surface area contributed by atoms with Gasteiger partial charge in [0.15, 0.2) is 0 Å². The fraction of sp³-hybridized carbons (Fsp3) is 0.182. The van der Waals surface area contributed by atoms with Crippen LogP contribution in [0, 0.1) is 5.82 Å². The van der Waals surface area contributed by atoms with Crippen LogP contribution in [0.3, 0.4) is 0 Å². The summed E-state index contributed by atoms with van der Waals surface area (Å²) in [6.07, 6.45) is 1.84. The summed E-state index contributed by atoms with van der Waals surface area (Å²) in [5.41, 5.74) is 0.826. The number of aromatic nitrogens is 2. The van der Waals surface area contributed by atoms with E-state index in [-0.39, 0.29) is 5.02 Å². The van der Waals surface area contributed by atoms with E-state index >= 15 is 0 Å². The van der Waals surface area contributed by atoms with Crippen molar-refractivity contribution in [3.8, 4) is 0 Å². The van der Waals surface area contributed by atoms with Gasteiger partial charge in [-0.05, 0) is 17.7 Å². The zero-order valence-corrected chi connectivity index (χ0v) is 9.50. The van der Waals surface area contributed by atoms with Crippen LogP contribution in [0.25, 0.3) is 0 Å². The molecule has 2 rings (SSSR count). The Labute approximate surface area is 97.8 Å². The van der Waals surface area contributed by atoms with Crippen LogP contribution < -0.4 is 5.32 Å². The summed E-state index contributed by atoms with van der Waals surface area (Å²) in [4.78, 5) is 0. The van der Waals surface area contributed by atoms with E-state index in [0.717, 1.165) is 11.4 Å². The Kier molecular flexibility index (Phi) is 3.10. The zero-order valence-electron chi connectivity index (χ0n) is 8.74. The van der Waals surface area contributed by atoms with Crippen molar-refractivity contribution in [1.82, 2.24) is 9.78 Å². The normalized spacial score (nSPS) is 10.4. The summed E-state index contributed by atoms with van der Waals surface area (Å²) in [5.74, 6) is 0.361. The number of hydrogen-bond donors (Lipinski definition) is 1. The number of nitrogens with one attached hydrogen (secondary N) is 1. The minimum Gasteiger partial charge on any atom is -0.365 e. The van der Waals surface area contributed by atoms with Gasteiger partial charge in [-0.1, -0.05) is 17.7 Å². The lowest BCUT2D eigenvalue weighted by molar-refractivity contribution is 0.626. The topological polar surface area (TPSA) is 29.9 Å². The Hall–Kier alpha value is -1.55. The second-order valence-corrected chi connectivity index (χ2v) is 3.88. The van der Waals surface area contributed by atoms with Crippen molar-refractivity contribution in [2.24, 2.45) is 7.05 Å². The molecular weight excluding hydrogens is 229 g/mol. The number of rotatable bonds is 3. The molecule has 0 atom stereocenters. The van der Waals surface area contributed by atoms with Gasteiger partial charge in [0, 0.05) is 25.9 Å². The summed E-state index contributed by atoms with van der Waals surface area (Å²) < 4.78 is 14.8. The molecule has 0 unspecified atom stereocenters. The highest BCUT2D eigenvalue weighted by atomic mass is 35.5. The zero-order chi connectivity index (χ0) is 11.5. The van der Waals surface area contributed by atoms with E-state index in [1.165, 1.54) is 6.07 Å². The first-order valence-corrected chi connectivity index (χ1v) is 5.20. The summed E-state index contributed by atoms with van der Waals surface area (Å²) in [6, 6.07) is 6.60. The summed E-state index contributed by atoms with van der Waals surface area (Å²) >= 11 is 5.59. The highest BCUT2D eigenvalue weighted by molar-refractivity contribution is 6.30. The molecule has 0 saturated carbocycles. The number of aryl methyl sites for hydroxylation is 1. The summed E-state index contributed by atoms with van der Waals surface area (Å²) in [6.45, 7) is 0.519. The molecule has 0 radical (unpaired) electrons. The van der Waals surface area contributed by atoms with E-state index in [9.17, 15) is 4.39 Å². The van der Waals surface area contributed by atoms with Crippen molar-refractivity contribution < 1.29 is 4.39 Å². The molecule has 0 amide bonds. The van der Waals surface area contributed by atoms with Gasteiger partial charge in [0.25, 0.3) is 0 Å². The fourth-order valence-corrected chi connectivity index (χ4v) is 1.47.